The van der Waals surface area contributed by atoms with Gasteiger partial charge in [0.05, 0.1) is 5.69 Å². The van der Waals surface area contributed by atoms with Crippen LogP contribution in [0.15, 0.2) is 42.5 Å². The Kier molecular flexibility index (Phi) is 3.47. The van der Waals surface area contributed by atoms with Crippen LogP contribution in [0.2, 0.25) is 0 Å². The minimum absolute atomic E-state index is 0.0343. The molecular formula is C19H17N3O4. The molecule has 2 aromatic carbocycles. The van der Waals surface area contributed by atoms with Crippen molar-refractivity contribution >= 4 is 29.2 Å². The second-order valence-corrected chi connectivity index (χ2v) is 6.56. The molecule has 1 saturated heterocycles. The molecule has 0 aliphatic carbocycles. The van der Waals surface area contributed by atoms with Gasteiger partial charge in [0.1, 0.15) is 18.0 Å². The van der Waals surface area contributed by atoms with Gasteiger partial charge < -0.3 is 10.1 Å². The van der Waals surface area contributed by atoms with Crippen molar-refractivity contribution in [1.82, 2.24) is 10.6 Å². The monoisotopic (exact) mass is 351 g/mol. The maximum absolute atomic E-state index is 12.0. The number of hydrogen-bond acceptors (Lipinski definition) is 4. The molecule has 1 fully saturated rings. The summed E-state index contributed by atoms with van der Waals surface area (Å²) < 4.78 is 5.80. The lowest BCUT2D eigenvalue weighted by Gasteiger charge is -2.20. The van der Waals surface area contributed by atoms with Crippen LogP contribution in [-0.2, 0) is 9.59 Å². The highest BCUT2D eigenvalue weighted by Crippen LogP contribution is 2.59. The molecule has 0 spiro atoms. The van der Waals surface area contributed by atoms with Crippen molar-refractivity contribution < 1.29 is 19.1 Å². The lowest BCUT2D eigenvalue weighted by Crippen LogP contribution is -2.48. The number of anilines is 2. The molecule has 2 heterocycles. The van der Waals surface area contributed by atoms with Gasteiger partial charge in [0.15, 0.2) is 5.54 Å². The number of urea groups is 1. The Hall–Kier alpha value is -3.35. The lowest BCUT2D eigenvalue weighted by molar-refractivity contribution is -0.124. The van der Waals surface area contributed by atoms with Crippen LogP contribution in [0.25, 0.3) is 11.1 Å². The highest BCUT2D eigenvalue weighted by Gasteiger charge is 2.44. The molecule has 2 aliphatic heterocycles. The summed E-state index contributed by atoms with van der Waals surface area (Å²) in [5, 5.41) is 4.75. The predicted molar refractivity (Wildman–Crippen MR) is 95.3 cm³/mol. The zero-order valence-corrected chi connectivity index (χ0v) is 14.3. The summed E-state index contributed by atoms with van der Waals surface area (Å²) in [6.45, 7) is 3.05. The first-order valence-corrected chi connectivity index (χ1v) is 8.20. The van der Waals surface area contributed by atoms with Crippen LogP contribution in [-0.4, -0.2) is 30.0 Å². The molecule has 0 saturated carbocycles. The average Bonchev–Trinajstić information content (AvgIpc) is 3.30. The van der Waals surface area contributed by atoms with E-state index in [1.807, 2.05) is 36.4 Å². The van der Waals surface area contributed by atoms with Crippen LogP contribution in [0.4, 0.5) is 16.2 Å². The van der Waals surface area contributed by atoms with Gasteiger partial charge >= 0.3 is 6.03 Å². The summed E-state index contributed by atoms with van der Waals surface area (Å²) in [6, 6.07) is 12.9. The van der Waals surface area contributed by atoms with Crippen molar-refractivity contribution in [1.29, 1.82) is 0 Å². The van der Waals surface area contributed by atoms with E-state index in [2.05, 4.69) is 10.6 Å². The van der Waals surface area contributed by atoms with Crippen LogP contribution in [0, 0.1) is 0 Å². The van der Waals surface area contributed by atoms with E-state index in [9.17, 15) is 14.4 Å². The summed E-state index contributed by atoms with van der Waals surface area (Å²) in [7, 11) is 0. The third-order valence-electron chi connectivity index (χ3n) is 4.55. The molecule has 4 rings (SSSR count). The van der Waals surface area contributed by atoms with Crippen LogP contribution in [0.1, 0.15) is 13.8 Å². The van der Waals surface area contributed by atoms with Crippen LogP contribution in [0.5, 0.6) is 5.75 Å². The van der Waals surface area contributed by atoms with Gasteiger partial charge in [-0.3, -0.25) is 19.8 Å². The second kappa shape index (κ2) is 5.59. The Labute approximate surface area is 149 Å². The predicted octanol–water partition coefficient (Wildman–Crippen LogP) is 2.33. The summed E-state index contributed by atoms with van der Waals surface area (Å²) in [5.74, 6) is -0.0377. The maximum atomic E-state index is 12.0. The van der Waals surface area contributed by atoms with E-state index < -0.39 is 17.5 Å². The largest absolute Gasteiger partial charge is 0.488 e. The molecule has 132 valence electrons. The van der Waals surface area contributed by atoms with Crippen LogP contribution in [0.3, 0.4) is 0 Å². The van der Waals surface area contributed by atoms with Crippen molar-refractivity contribution in [2.75, 3.05) is 11.5 Å². The van der Waals surface area contributed by atoms with E-state index in [1.54, 1.807) is 17.9 Å². The van der Waals surface area contributed by atoms with Crippen LogP contribution < -0.4 is 20.3 Å². The van der Waals surface area contributed by atoms with E-state index >= 15 is 0 Å². The first-order chi connectivity index (χ1) is 12.4. The smallest absolute Gasteiger partial charge is 0.322 e. The lowest BCUT2D eigenvalue weighted by atomic mass is 10.0. The minimum atomic E-state index is -1.14. The molecular weight excluding hydrogens is 334 g/mol. The zero-order valence-electron chi connectivity index (χ0n) is 14.3. The van der Waals surface area contributed by atoms with Crippen molar-refractivity contribution in [3.63, 3.8) is 0 Å². The molecule has 2 aliphatic rings. The van der Waals surface area contributed by atoms with Gasteiger partial charge in [-0.2, -0.15) is 0 Å². The number of hydrogen-bond donors (Lipinski definition) is 2. The van der Waals surface area contributed by atoms with E-state index in [0.29, 0.717) is 11.4 Å². The molecule has 7 heteroatoms. The van der Waals surface area contributed by atoms with E-state index in [0.717, 1.165) is 16.8 Å². The summed E-state index contributed by atoms with van der Waals surface area (Å²) >= 11 is 0. The molecule has 0 aromatic heterocycles. The van der Waals surface area contributed by atoms with Gasteiger partial charge in [-0.05, 0) is 24.6 Å². The van der Waals surface area contributed by atoms with Crippen LogP contribution >= 0.6 is 0 Å². The van der Waals surface area contributed by atoms with Crippen molar-refractivity contribution in [2.45, 2.75) is 19.4 Å². The Morgan fingerprint density at radius 3 is 2.46 bits per heavy atom. The van der Waals surface area contributed by atoms with E-state index in [4.69, 9.17) is 4.74 Å². The number of benzene rings is 2. The number of imide groups is 1. The fraction of sp³-hybridized carbons (Fsp3) is 0.211. The van der Waals surface area contributed by atoms with E-state index in [-0.39, 0.29) is 12.5 Å². The fourth-order valence-corrected chi connectivity index (χ4v) is 3.14. The first-order valence-electron chi connectivity index (χ1n) is 8.20. The number of nitrogens with zero attached hydrogens (tertiary/aromatic N) is 1. The van der Waals surface area contributed by atoms with Crippen molar-refractivity contribution in [3.8, 4) is 16.9 Å². The third kappa shape index (κ3) is 2.48. The standard InChI is InChI=1S/C19H17N3O4/c1-11(23)22-15-13(12-6-4-3-5-7-12)8-9-14(16(15)22)26-10-19(2)17(24)20-18(25)21-19/h3-9H,10H2,1-2H3,(H2,20,21,24,25). The normalized spacial score (nSPS) is 20.3. The number of carbonyl (C=O) groups is 3. The molecule has 7 nitrogen and oxygen atoms in total. The van der Waals surface area contributed by atoms with Gasteiger partial charge in [0.25, 0.3) is 5.91 Å². The molecule has 2 N–H and O–H groups in total. The third-order valence-corrected chi connectivity index (χ3v) is 4.55. The second-order valence-electron chi connectivity index (χ2n) is 6.56. The van der Waals surface area contributed by atoms with Gasteiger partial charge in [-0.1, -0.05) is 30.3 Å². The number of fused-ring (bicyclic) bond motifs is 1. The Morgan fingerprint density at radius 1 is 1.12 bits per heavy atom. The summed E-state index contributed by atoms with van der Waals surface area (Å²) in [6.07, 6.45) is 0. The average molecular weight is 351 g/mol. The molecule has 2 aromatic rings. The number of nitrogens with one attached hydrogen (secondary N) is 2. The van der Waals surface area contributed by atoms with Gasteiger partial charge in [0.2, 0.25) is 5.91 Å². The number of carbonyl (C=O) groups excluding carboxylic acids is 3. The summed E-state index contributed by atoms with van der Waals surface area (Å²) in [4.78, 5) is 36.8. The minimum Gasteiger partial charge on any atom is -0.488 e. The summed E-state index contributed by atoms with van der Waals surface area (Å²) in [5.41, 5.74) is 2.33. The van der Waals surface area contributed by atoms with Gasteiger partial charge in [-0.15, -0.1) is 0 Å². The molecule has 1 atom stereocenters. The number of ether oxygens (including phenoxy) is 1. The van der Waals surface area contributed by atoms with E-state index in [1.165, 1.54) is 6.92 Å². The Bertz CT molecular complexity index is 941. The molecule has 0 radical (unpaired) electrons. The highest BCUT2D eigenvalue weighted by molar-refractivity contribution is 6.21. The molecule has 26 heavy (non-hydrogen) atoms. The topological polar surface area (TPSA) is 87.5 Å². The van der Waals surface area contributed by atoms with Crippen molar-refractivity contribution in [2.24, 2.45) is 0 Å². The highest BCUT2D eigenvalue weighted by atomic mass is 16.5. The molecule has 0 bridgehead atoms. The SMILES string of the molecule is CC(=O)N1c2c(OCC3(C)NC(=O)NC3=O)ccc(-c3ccccc3)c21. The quantitative estimate of drug-likeness (QED) is 0.654. The van der Waals surface area contributed by atoms with Crippen molar-refractivity contribution in [3.05, 3.63) is 42.5 Å². The number of rotatable bonds is 4. The zero-order chi connectivity index (χ0) is 18.5. The van der Waals surface area contributed by atoms with Gasteiger partial charge in [-0.25, -0.2) is 4.79 Å². The first kappa shape index (κ1) is 16.1. The molecule has 4 amide bonds. The maximum Gasteiger partial charge on any atom is 0.322 e. The Morgan fingerprint density at radius 2 is 1.85 bits per heavy atom. The fourth-order valence-electron chi connectivity index (χ4n) is 3.14. The van der Waals surface area contributed by atoms with Gasteiger partial charge in [0, 0.05) is 12.5 Å². The molecule has 1 unspecified atom stereocenters. The Balaban J connectivity index is 1.63. The number of amides is 4.